The average molecular weight is 460 g/mol. The number of hydrogen-bond acceptors (Lipinski definition) is 2. The van der Waals surface area contributed by atoms with Gasteiger partial charge in [0.1, 0.15) is 5.75 Å². The van der Waals surface area contributed by atoms with E-state index in [-0.39, 0.29) is 5.41 Å². The topological polar surface area (TPSA) is 23.5 Å². The summed E-state index contributed by atoms with van der Waals surface area (Å²) in [5, 5.41) is 13.2. The van der Waals surface area contributed by atoms with E-state index < -0.39 is 17.0 Å². The zero-order valence-electron chi connectivity index (χ0n) is 16.2. The van der Waals surface area contributed by atoms with Crippen LogP contribution in [0.3, 0.4) is 0 Å². The molecule has 2 aromatic rings. The van der Waals surface area contributed by atoms with Crippen LogP contribution in [0.2, 0.25) is 0 Å². The van der Waals surface area contributed by atoms with Gasteiger partial charge in [0, 0.05) is 29.4 Å². The molecule has 1 aliphatic heterocycles. The molecule has 0 bridgehead atoms. The molecule has 3 rings (SSSR count). The number of phenols is 1. The second-order valence-corrected chi connectivity index (χ2v) is 11.6. The van der Waals surface area contributed by atoms with Crippen molar-refractivity contribution in [2.45, 2.75) is 45.4 Å². The number of anilines is 1. The first-order valence-electron chi connectivity index (χ1n) is 9.28. The van der Waals surface area contributed by atoms with Crippen LogP contribution in [-0.4, -0.2) is 18.2 Å². The van der Waals surface area contributed by atoms with Crippen molar-refractivity contribution in [3.05, 3.63) is 48.0 Å². The van der Waals surface area contributed by atoms with Crippen LogP contribution in [0.1, 0.15) is 45.6 Å². The molecule has 1 saturated heterocycles. The van der Waals surface area contributed by atoms with E-state index in [1.54, 1.807) is 0 Å². The Morgan fingerprint density at radius 2 is 1.52 bits per heavy atom. The number of nitrogens with zero attached hydrogens (tertiary/aromatic N) is 1. The van der Waals surface area contributed by atoms with Crippen LogP contribution < -0.4 is 15.5 Å². The maximum atomic E-state index is 10.8. The van der Waals surface area contributed by atoms with Crippen molar-refractivity contribution in [3.8, 4) is 5.75 Å². The molecule has 0 spiro atoms. The fourth-order valence-electron chi connectivity index (χ4n) is 3.38. The fourth-order valence-corrected chi connectivity index (χ4v) is 4.66. The summed E-state index contributed by atoms with van der Waals surface area (Å²) < 4.78 is 0. The molecule has 1 heterocycles. The average Bonchev–Trinajstić information content (AvgIpc) is 2.64. The van der Waals surface area contributed by atoms with Crippen LogP contribution in [0.25, 0.3) is 0 Å². The predicted octanol–water partition coefficient (Wildman–Crippen LogP) is 5.69. The van der Waals surface area contributed by atoms with Crippen LogP contribution in [0.4, 0.5) is 5.69 Å². The van der Waals surface area contributed by atoms with Gasteiger partial charge < -0.3 is 10.0 Å². The maximum absolute atomic E-state index is 10.8. The molecule has 2 aromatic carbocycles. The Labute approximate surface area is 182 Å². The van der Waals surface area contributed by atoms with Gasteiger partial charge in [-0.2, -0.15) is 0 Å². The molecule has 0 aliphatic carbocycles. The summed E-state index contributed by atoms with van der Waals surface area (Å²) in [4.78, 5) is 2.51. The molecular weight excluding hydrogens is 432 g/mol. The first kappa shape index (κ1) is 23.0. The van der Waals surface area contributed by atoms with Crippen LogP contribution in [0.5, 0.6) is 5.75 Å². The number of para-hydroxylation sites is 2. The summed E-state index contributed by atoms with van der Waals surface area (Å²) in [6, 6.07) is 14.9. The van der Waals surface area contributed by atoms with Crippen LogP contribution >= 0.6 is 27.2 Å². The van der Waals surface area contributed by atoms with Gasteiger partial charge in [0.2, 0.25) is 0 Å². The van der Waals surface area contributed by atoms with Gasteiger partial charge in [-0.25, -0.2) is 0 Å². The van der Waals surface area contributed by atoms with Crippen molar-refractivity contribution in [2.24, 2.45) is 0 Å². The van der Waals surface area contributed by atoms with Crippen LogP contribution in [-0.2, 0) is 22.4 Å². The van der Waals surface area contributed by atoms with Crippen molar-refractivity contribution >= 4 is 43.5 Å². The third kappa shape index (κ3) is 6.65. The summed E-state index contributed by atoms with van der Waals surface area (Å²) >= 11 is -0.556. The molecule has 1 aliphatic rings. The van der Waals surface area contributed by atoms with Crippen LogP contribution in [0.15, 0.2) is 42.5 Å². The molecule has 1 fully saturated rings. The van der Waals surface area contributed by atoms with E-state index in [1.807, 2.05) is 6.07 Å². The molecule has 0 saturated carbocycles. The van der Waals surface area contributed by atoms with E-state index in [0.717, 1.165) is 24.0 Å². The molecule has 1 N–H and O–H groups in total. The van der Waals surface area contributed by atoms with Gasteiger partial charge in [-0.3, -0.25) is 0 Å². The Bertz CT molecular complexity index is 730. The summed E-state index contributed by atoms with van der Waals surface area (Å²) in [5.74, 6) is 0.469. The summed E-state index contributed by atoms with van der Waals surface area (Å²) in [7, 11) is 10.3. The van der Waals surface area contributed by atoms with Gasteiger partial charge in [-0.1, -0.05) is 65.8 Å². The van der Waals surface area contributed by atoms with Gasteiger partial charge in [0.05, 0.1) is 0 Å². The normalized spacial score (nSPS) is 14.8. The van der Waals surface area contributed by atoms with Gasteiger partial charge in [-0.05, 0) is 36.3 Å². The van der Waals surface area contributed by atoms with Crippen molar-refractivity contribution in [3.63, 3.8) is 0 Å². The van der Waals surface area contributed by atoms with E-state index in [0.29, 0.717) is 14.3 Å². The van der Waals surface area contributed by atoms with E-state index in [9.17, 15) is 5.11 Å². The molecule has 2 nitrogen and oxygen atoms in total. The molecule has 0 radical (unpaired) electrons. The molecule has 146 valence electrons. The van der Waals surface area contributed by atoms with E-state index in [1.165, 1.54) is 30.3 Å². The standard InChI is InChI=1S/C21H28NOP.2ClH.Ti/c1-21(2,3)16-10-9-13-19(20(16)23)24-18-12-6-5-11-17(18)22-14-7-4-8-15-22;;;/h5-6,9-13,23-24H,4,7-8,14-15H2,1-3H3;2*1H;/q;;;+2/p-2. The summed E-state index contributed by atoms with van der Waals surface area (Å²) in [5.41, 5.74) is 2.33. The molecule has 0 aromatic heterocycles. The van der Waals surface area contributed by atoms with E-state index in [4.69, 9.17) is 18.6 Å². The summed E-state index contributed by atoms with van der Waals surface area (Å²) in [6.45, 7) is 8.74. The van der Waals surface area contributed by atoms with Gasteiger partial charge >= 0.3 is 35.6 Å². The Morgan fingerprint density at radius 3 is 2.15 bits per heavy atom. The number of aromatic hydroxyl groups is 1. The Kier molecular flexibility index (Phi) is 9.46. The van der Waals surface area contributed by atoms with Crippen molar-refractivity contribution < 1.29 is 22.1 Å². The predicted molar refractivity (Wildman–Crippen MR) is 119 cm³/mol. The molecule has 1 unspecified atom stereocenters. The quantitative estimate of drug-likeness (QED) is 0.471. The zero-order chi connectivity index (χ0) is 19.9. The summed E-state index contributed by atoms with van der Waals surface area (Å²) in [6.07, 6.45) is 3.90. The molecular formula is C21H28Cl2NOPTi. The Balaban J connectivity index is 0.000000817. The van der Waals surface area contributed by atoms with E-state index in [2.05, 4.69) is 62.1 Å². The first-order valence-corrected chi connectivity index (χ1v) is 14.6. The molecule has 0 amide bonds. The van der Waals surface area contributed by atoms with Crippen molar-refractivity contribution in [1.82, 2.24) is 0 Å². The van der Waals surface area contributed by atoms with Gasteiger partial charge in [-0.15, -0.1) is 0 Å². The van der Waals surface area contributed by atoms with Gasteiger partial charge in [0.25, 0.3) is 0 Å². The van der Waals surface area contributed by atoms with Crippen LogP contribution in [0, 0.1) is 0 Å². The second kappa shape index (κ2) is 11.1. The number of hydrogen-bond donors (Lipinski definition) is 1. The number of rotatable bonds is 3. The molecule has 1 atom stereocenters. The van der Waals surface area contributed by atoms with Gasteiger partial charge in [0.15, 0.2) is 0 Å². The number of halogens is 2. The van der Waals surface area contributed by atoms with E-state index >= 15 is 0 Å². The number of benzene rings is 2. The Hall–Kier alpha value is -0.236. The third-order valence-electron chi connectivity index (χ3n) is 4.71. The molecule has 6 heteroatoms. The number of phenolic OH excluding ortho intramolecular Hbond substituents is 1. The minimum absolute atomic E-state index is 0.0447. The minimum atomic E-state index is -0.556. The second-order valence-electron chi connectivity index (χ2n) is 7.71. The first-order chi connectivity index (χ1) is 12.9. The fraction of sp³-hybridized carbons (Fsp3) is 0.429. The van der Waals surface area contributed by atoms with Crippen molar-refractivity contribution in [1.29, 1.82) is 0 Å². The third-order valence-corrected chi connectivity index (χ3v) is 6.08. The number of piperidine rings is 1. The SMILES string of the molecule is CC(C)(C)c1cccc(Pc2ccccc2N2CCCCC2)c1O.[Cl][Ti][Cl]. The molecule has 27 heavy (non-hydrogen) atoms. The van der Waals surface area contributed by atoms with Crippen molar-refractivity contribution in [2.75, 3.05) is 18.0 Å². The monoisotopic (exact) mass is 459 g/mol. The zero-order valence-corrected chi connectivity index (χ0v) is 20.3. The Morgan fingerprint density at radius 1 is 0.926 bits per heavy atom.